The Morgan fingerprint density at radius 2 is 2.17 bits per heavy atom. The molecule has 0 bridgehead atoms. The molecule has 1 aromatic carbocycles. The van der Waals surface area contributed by atoms with Crippen LogP contribution in [-0.4, -0.2) is 49.2 Å². The Hall–Kier alpha value is -2.08. The standard InChI is InChI=1S/C18H27N3O3/c1-13(2)7-8-19-18(23)20-16-6-4-5-15(11-16)17(22)21-9-10-24-12-14(21)3/h4-6,11,13-14H,7-10,12H2,1-3H3,(H2,19,20,23). The topological polar surface area (TPSA) is 70.7 Å². The van der Waals surface area contributed by atoms with Crippen molar-refractivity contribution in [3.8, 4) is 0 Å². The molecule has 1 heterocycles. The molecule has 0 radical (unpaired) electrons. The van der Waals surface area contributed by atoms with Crippen LogP contribution < -0.4 is 10.6 Å². The van der Waals surface area contributed by atoms with Crippen LogP contribution in [0.4, 0.5) is 10.5 Å². The highest BCUT2D eigenvalue weighted by atomic mass is 16.5. The van der Waals surface area contributed by atoms with E-state index < -0.39 is 0 Å². The molecule has 3 amide bonds. The van der Waals surface area contributed by atoms with Gasteiger partial charge >= 0.3 is 6.03 Å². The molecule has 6 nitrogen and oxygen atoms in total. The zero-order chi connectivity index (χ0) is 17.5. The largest absolute Gasteiger partial charge is 0.377 e. The highest BCUT2D eigenvalue weighted by molar-refractivity contribution is 5.97. The molecule has 1 unspecified atom stereocenters. The first-order valence-corrected chi connectivity index (χ1v) is 8.51. The molecule has 1 atom stereocenters. The molecule has 1 aromatic rings. The van der Waals surface area contributed by atoms with E-state index in [2.05, 4.69) is 24.5 Å². The average molecular weight is 333 g/mol. The van der Waals surface area contributed by atoms with Crippen molar-refractivity contribution in [2.45, 2.75) is 33.2 Å². The number of hydrogen-bond donors (Lipinski definition) is 2. The molecular formula is C18H27N3O3. The van der Waals surface area contributed by atoms with E-state index in [1.807, 2.05) is 11.8 Å². The van der Waals surface area contributed by atoms with Crippen molar-refractivity contribution in [3.05, 3.63) is 29.8 Å². The van der Waals surface area contributed by atoms with Crippen LogP contribution in [0.3, 0.4) is 0 Å². The molecular weight excluding hydrogens is 306 g/mol. The smallest absolute Gasteiger partial charge is 0.319 e. The van der Waals surface area contributed by atoms with E-state index in [1.165, 1.54) is 0 Å². The predicted octanol–water partition coefficient (Wildman–Crippen LogP) is 2.72. The summed E-state index contributed by atoms with van der Waals surface area (Å²) in [6.45, 7) is 8.54. The maximum absolute atomic E-state index is 12.6. The summed E-state index contributed by atoms with van der Waals surface area (Å²) in [6, 6.07) is 6.85. The van der Waals surface area contributed by atoms with Crippen LogP contribution in [0.5, 0.6) is 0 Å². The van der Waals surface area contributed by atoms with Gasteiger partial charge in [-0.2, -0.15) is 0 Å². The number of anilines is 1. The van der Waals surface area contributed by atoms with Crippen LogP contribution in [0.1, 0.15) is 37.6 Å². The number of nitrogens with one attached hydrogen (secondary N) is 2. The van der Waals surface area contributed by atoms with Gasteiger partial charge in [0.15, 0.2) is 0 Å². The number of rotatable bonds is 5. The third kappa shape index (κ3) is 5.23. The molecule has 0 aromatic heterocycles. The first kappa shape index (κ1) is 18.3. The normalized spacial score (nSPS) is 17.7. The van der Waals surface area contributed by atoms with E-state index in [-0.39, 0.29) is 18.0 Å². The fraction of sp³-hybridized carbons (Fsp3) is 0.556. The first-order valence-electron chi connectivity index (χ1n) is 8.51. The van der Waals surface area contributed by atoms with Crippen molar-refractivity contribution in [2.75, 3.05) is 31.6 Å². The second kappa shape index (κ2) is 8.68. The SMILES string of the molecule is CC(C)CCNC(=O)Nc1cccc(C(=O)N2CCOCC2C)c1. The quantitative estimate of drug-likeness (QED) is 0.870. The molecule has 2 N–H and O–H groups in total. The van der Waals surface area contributed by atoms with E-state index in [0.717, 1.165) is 6.42 Å². The number of hydrogen-bond acceptors (Lipinski definition) is 3. The van der Waals surface area contributed by atoms with Crippen molar-refractivity contribution in [1.82, 2.24) is 10.2 Å². The summed E-state index contributed by atoms with van der Waals surface area (Å²) < 4.78 is 5.37. The maximum Gasteiger partial charge on any atom is 0.319 e. The van der Waals surface area contributed by atoms with Crippen molar-refractivity contribution in [2.24, 2.45) is 5.92 Å². The summed E-state index contributed by atoms with van der Waals surface area (Å²) in [7, 11) is 0. The van der Waals surface area contributed by atoms with E-state index in [0.29, 0.717) is 43.5 Å². The van der Waals surface area contributed by atoms with Crippen LogP contribution in [0.2, 0.25) is 0 Å². The van der Waals surface area contributed by atoms with Gasteiger partial charge in [-0.15, -0.1) is 0 Å². The van der Waals surface area contributed by atoms with Gasteiger partial charge in [0.05, 0.1) is 19.3 Å². The van der Waals surface area contributed by atoms with Crippen molar-refractivity contribution in [1.29, 1.82) is 0 Å². The minimum absolute atomic E-state index is 0.0327. The summed E-state index contributed by atoms with van der Waals surface area (Å²) in [5, 5.41) is 5.60. The lowest BCUT2D eigenvalue weighted by Gasteiger charge is -2.33. The van der Waals surface area contributed by atoms with Crippen LogP contribution >= 0.6 is 0 Å². The zero-order valence-corrected chi connectivity index (χ0v) is 14.7. The Bertz CT molecular complexity index is 574. The van der Waals surface area contributed by atoms with E-state index in [9.17, 15) is 9.59 Å². The van der Waals surface area contributed by atoms with Gasteiger partial charge in [-0.05, 0) is 37.5 Å². The van der Waals surface area contributed by atoms with Gasteiger partial charge in [0.25, 0.3) is 5.91 Å². The summed E-state index contributed by atoms with van der Waals surface area (Å²) in [5.41, 5.74) is 1.19. The van der Waals surface area contributed by atoms with E-state index in [4.69, 9.17) is 4.74 Å². The highest BCUT2D eigenvalue weighted by Crippen LogP contribution is 2.16. The van der Waals surface area contributed by atoms with Crippen LogP contribution in [0.25, 0.3) is 0 Å². The number of benzene rings is 1. The summed E-state index contributed by atoms with van der Waals surface area (Å²) in [5.74, 6) is 0.511. The summed E-state index contributed by atoms with van der Waals surface area (Å²) in [4.78, 5) is 26.3. The van der Waals surface area contributed by atoms with Gasteiger partial charge in [0.1, 0.15) is 0 Å². The predicted molar refractivity (Wildman–Crippen MR) is 94.2 cm³/mol. The molecule has 1 fully saturated rings. The van der Waals surface area contributed by atoms with Crippen LogP contribution in [0, 0.1) is 5.92 Å². The number of morpholine rings is 1. The Morgan fingerprint density at radius 1 is 1.38 bits per heavy atom. The molecule has 2 rings (SSSR count). The Morgan fingerprint density at radius 3 is 2.88 bits per heavy atom. The van der Waals surface area contributed by atoms with E-state index in [1.54, 1.807) is 24.3 Å². The average Bonchev–Trinajstić information content (AvgIpc) is 2.54. The fourth-order valence-electron chi connectivity index (χ4n) is 2.57. The Kier molecular flexibility index (Phi) is 6.61. The summed E-state index contributed by atoms with van der Waals surface area (Å²) >= 11 is 0. The second-order valence-corrected chi connectivity index (χ2v) is 6.57. The minimum atomic E-state index is -0.250. The molecule has 1 saturated heterocycles. The number of nitrogens with zero attached hydrogens (tertiary/aromatic N) is 1. The molecule has 6 heteroatoms. The van der Waals surface area contributed by atoms with Gasteiger partial charge in [0.2, 0.25) is 0 Å². The number of carbonyl (C=O) groups is 2. The third-order valence-electron chi connectivity index (χ3n) is 4.00. The van der Waals surface area contributed by atoms with Gasteiger partial charge in [-0.25, -0.2) is 4.79 Å². The number of urea groups is 1. The monoisotopic (exact) mass is 333 g/mol. The lowest BCUT2D eigenvalue weighted by Crippen LogP contribution is -2.47. The minimum Gasteiger partial charge on any atom is -0.377 e. The molecule has 0 aliphatic carbocycles. The molecule has 0 spiro atoms. The van der Waals surface area contributed by atoms with Crippen LogP contribution in [0.15, 0.2) is 24.3 Å². The molecule has 24 heavy (non-hydrogen) atoms. The summed E-state index contributed by atoms with van der Waals surface area (Å²) in [6.07, 6.45) is 0.931. The number of amides is 3. The van der Waals surface area contributed by atoms with Gasteiger partial charge < -0.3 is 20.3 Å². The van der Waals surface area contributed by atoms with Gasteiger partial charge in [-0.3, -0.25) is 4.79 Å². The highest BCUT2D eigenvalue weighted by Gasteiger charge is 2.24. The fourth-order valence-corrected chi connectivity index (χ4v) is 2.57. The molecule has 1 aliphatic rings. The third-order valence-corrected chi connectivity index (χ3v) is 4.00. The van der Waals surface area contributed by atoms with Gasteiger partial charge in [0, 0.05) is 24.3 Å². The second-order valence-electron chi connectivity index (χ2n) is 6.57. The molecule has 132 valence electrons. The van der Waals surface area contributed by atoms with Crippen molar-refractivity contribution in [3.63, 3.8) is 0 Å². The van der Waals surface area contributed by atoms with Crippen molar-refractivity contribution < 1.29 is 14.3 Å². The Labute approximate surface area is 143 Å². The lowest BCUT2D eigenvalue weighted by molar-refractivity contribution is 0.00360. The van der Waals surface area contributed by atoms with Crippen molar-refractivity contribution >= 4 is 17.6 Å². The van der Waals surface area contributed by atoms with Crippen LogP contribution in [-0.2, 0) is 4.74 Å². The molecule has 0 saturated carbocycles. The number of carbonyl (C=O) groups excluding carboxylic acids is 2. The lowest BCUT2D eigenvalue weighted by atomic mass is 10.1. The number of ether oxygens (including phenoxy) is 1. The maximum atomic E-state index is 12.6. The molecule has 1 aliphatic heterocycles. The zero-order valence-electron chi connectivity index (χ0n) is 14.7. The van der Waals surface area contributed by atoms with E-state index >= 15 is 0 Å². The Balaban J connectivity index is 1.95. The first-order chi connectivity index (χ1) is 11.5. The van der Waals surface area contributed by atoms with Gasteiger partial charge in [-0.1, -0.05) is 19.9 Å².